The van der Waals surface area contributed by atoms with Crippen molar-refractivity contribution in [3.8, 4) is 11.4 Å². The molecule has 1 amide bonds. The standard InChI is InChI=1S/C26H28N8O/c1-3-28-26-29-16-22-24(30-26)31(2)11-12-32(25(22)35)19-8-6-9-20(13-19)33-17-21-15-27-14-18-7-4-5-10-23(18)34(21)33/h4-10,13,16-17,27H,3,11-12,14-15H2,1-2H3,(H,28,29,30). The molecule has 2 N–H and O–H groups in total. The highest BCUT2D eigenvalue weighted by molar-refractivity contribution is 6.09. The Balaban J connectivity index is 1.36. The Morgan fingerprint density at radius 1 is 1.06 bits per heavy atom. The van der Waals surface area contributed by atoms with Crippen LogP contribution < -0.4 is 20.4 Å². The summed E-state index contributed by atoms with van der Waals surface area (Å²) in [6, 6.07) is 16.6. The third kappa shape index (κ3) is 3.64. The predicted molar refractivity (Wildman–Crippen MR) is 137 cm³/mol. The second-order valence-electron chi connectivity index (χ2n) is 8.87. The number of carbonyl (C=O) groups excluding carboxylic acids is 1. The van der Waals surface area contributed by atoms with Crippen molar-refractivity contribution >= 4 is 23.4 Å². The summed E-state index contributed by atoms with van der Waals surface area (Å²) < 4.78 is 4.40. The summed E-state index contributed by atoms with van der Waals surface area (Å²) in [4.78, 5) is 26.4. The van der Waals surface area contributed by atoms with Crippen molar-refractivity contribution < 1.29 is 4.79 Å². The molecule has 178 valence electrons. The highest BCUT2D eigenvalue weighted by Crippen LogP contribution is 2.30. The number of carbonyl (C=O) groups is 1. The summed E-state index contributed by atoms with van der Waals surface area (Å²) in [5, 5.41) is 6.63. The van der Waals surface area contributed by atoms with Crippen LogP contribution in [0.5, 0.6) is 0 Å². The van der Waals surface area contributed by atoms with Crippen molar-refractivity contribution in [2.45, 2.75) is 20.0 Å². The molecule has 2 aliphatic rings. The van der Waals surface area contributed by atoms with Crippen molar-refractivity contribution in [2.24, 2.45) is 0 Å². The molecule has 0 atom stereocenters. The first-order valence-electron chi connectivity index (χ1n) is 12.0. The number of aromatic nitrogens is 4. The Morgan fingerprint density at radius 3 is 2.80 bits per heavy atom. The van der Waals surface area contributed by atoms with Gasteiger partial charge in [0.2, 0.25) is 5.95 Å². The molecule has 0 saturated carbocycles. The molecule has 2 aromatic carbocycles. The molecule has 9 heteroatoms. The topological polar surface area (TPSA) is 83.2 Å². The largest absolute Gasteiger partial charge is 0.357 e. The van der Waals surface area contributed by atoms with E-state index in [2.05, 4.69) is 72.6 Å². The van der Waals surface area contributed by atoms with Gasteiger partial charge in [-0.25, -0.2) is 4.98 Å². The number of hydrogen-bond donors (Lipinski definition) is 2. The number of amides is 1. The van der Waals surface area contributed by atoms with Crippen molar-refractivity contribution in [2.75, 3.05) is 41.8 Å². The normalized spacial score (nSPS) is 15.2. The highest BCUT2D eigenvalue weighted by atomic mass is 16.2. The minimum absolute atomic E-state index is 0.0892. The van der Waals surface area contributed by atoms with Gasteiger partial charge >= 0.3 is 0 Å². The quantitative estimate of drug-likeness (QED) is 0.479. The van der Waals surface area contributed by atoms with E-state index in [1.807, 2.05) is 35.9 Å². The van der Waals surface area contributed by atoms with Crippen molar-refractivity contribution in [1.82, 2.24) is 24.6 Å². The van der Waals surface area contributed by atoms with Crippen LogP contribution in [0.25, 0.3) is 11.4 Å². The van der Waals surface area contributed by atoms with E-state index in [4.69, 9.17) is 0 Å². The summed E-state index contributed by atoms with van der Waals surface area (Å²) >= 11 is 0. The molecule has 4 aromatic rings. The number of nitrogens with one attached hydrogen (secondary N) is 2. The third-order valence-corrected chi connectivity index (χ3v) is 6.61. The lowest BCUT2D eigenvalue weighted by Gasteiger charge is -2.27. The third-order valence-electron chi connectivity index (χ3n) is 6.61. The first-order valence-corrected chi connectivity index (χ1v) is 12.0. The van der Waals surface area contributed by atoms with Crippen LogP contribution in [-0.2, 0) is 13.1 Å². The van der Waals surface area contributed by atoms with Gasteiger partial charge in [0.1, 0.15) is 11.4 Å². The van der Waals surface area contributed by atoms with E-state index in [-0.39, 0.29) is 5.91 Å². The lowest BCUT2D eigenvalue weighted by molar-refractivity contribution is 0.0989. The SMILES string of the molecule is CCNc1ncc2c(n1)N(C)CCN(c1cccc(-n3cc4n3-c3ccccc3CNC4)c1)C2=O. The number of nitrogens with zero attached hydrogens (tertiary/aromatic N) is 6. The molecule has 2 aromatic heterocycles. The maximum atomic E-state index is 13.6. The molecule has 0 radical (unpaired) electrons. The van der Waals surface area contributed by atoms with E-state index in [1.54, 1.807) is 6.20 Å². The Bertz CT molecular complexity index is 1400. The maximum absolute atomic E-state index is 13.6. The molecule has 2 aliphatic heterocycles. The van der Waals surface area contributed by atoms with Gasteiger partial charge in [-0.05, 0) is 36.8 Å². The molecular weight excluding hydrogens is 440 g/mol. The molecule has 0 unspecified atom stereocenters. The Hall–Kier alpha value is -4.11. The Labute approximate surface area is 204 Å². The van der Waals surface area contributed by atoms with Gasteiger partial charge in [0.05, 0.1) is 23.3 Å². The molecule has 35 heavy (non-hydrogen) atoms. The van der Waals surface area contributed by atoms with Crippen LogP contribution in [0.4, 0.5) is 17.5 Å². The van der Waals surface area contributed by atoms with E-state index in [0.717, 1.165) is 31.0 Å². The molecule has 0 saturated heterocycles. The molecule has 6 rings (SSSR count). The molecule has 0 spiro atoms. The fraction of sp³-hybridized carbons (Fsp3) is 0.269. The van der Waals surface area contributed by atoms with Gasteiger partial charge in [-0.2, -0.15) is 4.98 Å². The average Bonchev–Trinajstić information content (AvgIpc) is 3.07. The Kier molecular flexibility index (Phi) is 5.26. The molecule has 0 bridgehead atoms. The van der Waals surface area contributed by atoms with Gasteiger partial charge in [-0.3, -0.25) is 14.2 Å². The summed E-state index contributed by atoms with van der Waals surface area (Å²) in [5.41, 5.74) is 6.03. The molecule has 0 fully saturated rings. The number of benzene rings is 2. The van der Waals surface area contributed by atoms with Gasteiger partial charge in [-0.1, -0.05) is 24.3 Å². The van der Waals surface area contributed by atoms with Crippen molar-refractivity contribution in [3.05, 3.63) is 77.7 Å². The predicted octanol–water partition coefficient (Wildman–Crippen LogP) is 3.19. The number of anilines is 3. The zero-order valence-corrected chi connectivity index (χ0v) is 19.9. The summed E-state index contributed by atoms with van der Waals surface area (Å²) in [6.45, 7) is 5.60. The lowest BCUT2D eigenvalue weighted by Crippen LogP contribution is -2.34. The number of fused-ring (bicyclic) bond motifs is 4. The summed E-state index contributed by atoms with van der Waals surface area (Å²) in [5.74, 6) is 1.10. The molecular formula is C26H28N8O. The summed E-state index contributed by atoms with van der Waals surface area (Å²) in [6.07, 6.45) is 3.78. The summed E-state index contributed by atoms with van der Waals surface area (Å²) in [7, 11) is 1.96. The zero-order valence-electron chi connectivity index (χ0n) is 19.9. The Morgan fingerprint density at radius 2 is 1.91 bits per heavy atom. The minimum Gasteiger partial charge on any atom is -0.357 e. The van der Waals surface area contributed by atoms with E-state index in [1.165, 1.54) is 16.9 Å². The van der Waals surface area contributed by atoms with Crippen LogP contribution >= 0.6 is 0 Å². The highest BCUT2D eigenvalue weighted by Gasteiger charge is 2.28. The second-order valence-corrected chi connectivity index (χ2v) is 8.87. The minimum atomic E-state index is -0.0892. The molecule has 0 aliphatic carbocycles. The van der Waals surface area contributed by atoms with Gasteiger partial charge in [0, 0.05) is 51.7 Å². The van der Waals surface area contributed by atoms with Gasteiger partial charge in [0.15, 0.2) is 0 Å². The van der Waals surface area contributed by atoms with Crippen LogP contribution in [-0.4, -0.2) is 51.9 Å². The van der Waals surface area contributed by atoms with Gasteiger partial charge in [0.25, 0.3) is 5.91 Å². The monoisotopic (exact) mass is 468 g/mol. The van der Waals surface area contributed by atoms with E-state index >= 15 is 0 Å². The first kappa shape index (κ1) is 21.4. The number of likely N-dealkylation sites (N-methyl/N-ethyl adjacent to an activating group) is 1. The van der Waals surface area contributed by atoms with Gasteiger partial charge in [-0.15, -0.1) is 0 Å². The first-order chi connectivity index (χ1) is 17.1. The van der Waals surface area contributed by atoms with E-state index in [0.29, 0.717) is 30.4 Å². The maximum Gasteiger partial charge on any atom is 0.263 e. The number of rotatable bonds is 4. The fourth-order valence-corrected chi connectivity index (χ4v) is 4.82. The van der Waals surface area contributed by atoms with Crippen LogP contribution in [0.2, 0.25) is 0 Å². The fourth-order valence-electron chi connectivity index (χ4n) is 4.82. The van der Waals surface area contributed by atoms with Crippen LogP contribution in [0.3, 0.4) is 0 Å². The smallest absolute Gasteiger partial charge is 0.263 e. The molecule has 9 nitrogen and oxygen atoms in total. The van der Waals surface area contributed by atoms with E-state index < -0.39 is 0 Å². The second kappa shape index (κ2) is 8.59. The average molecular weight is 469 g/mol. The molecule has 4 heterocycles. The van der Waals surface area contributed by atoms with Crippen molar-refractivity contribution in [3.63, 3.8) is 0 Å². The number of hydrogen-bond acceptors (Lipinski definition) is 6. The van der Waals surface area contributed by atoms with Gasteiger partial charge < -0.3 is 20.4 Å². The lowest BCUT2D eigenvalue weighted by atomic mass is 10.2. The van der Waals surface area contributed by atoms with Crippen LogP contribution in [0.1, 0.15) is 28.5 Å². The van der Waals surface area contributed by atoms with Crippen LogP contribution in [0.15, 0.2) is 60.9 Å². The van der Waals surface area contributed by atoms with Crippen LogP contribution in [0, 0.1) is 0 Å². The zero-order chi connectivity index (χ0) is 23.9. The number of para-hydroxylation sites is 1. The van der Waals surface area contributed by atoms with E-state index in [9.17, 15) is 4.79 Å². The van der Waals surface area contributed by atoms with Crippen molar-refractivity contribution in [1.29, 1.82) is 0 Å².